The summed E-state index contributed by atoms with van der Waals surface area (Å²) in [7, 11) is 0. The summed E-state index contributed by atoms with van der Waals surface area (Å²) in [6.07, 6.45) is 5.76. The quantitative estimate of drug-likeness (QED) is 0.680. The Balaban J connectivity index is 2.76. The largest absolute Gasteiger partial charge is 0.224 e. The first-order chi connectivity index (χ1) is 7.73. The smallest absolute Gasteiger partial charge is 0.222 e. The SMILES string of the molecule is CCC/C=C/CC(F)(C#N)c1ccccc1. The maximum atomic E-state index is 14.3. The predicted octanol–water partition coefficient (Wildman–Crippen LogP) is 4.12. The van der Waals surface area contributed by atoms with E-state index in [0.29, 0.717) is 5.56 Å². The van der Waals surface area contributed by atoms with Gasteiger partial charge in [-0.3, -0.25) is 0 Å². The van der Waals surface area contributed by atoms with E-state index in [1.807, 2.05) is 12.1 Å². The van der Waals surface area contributed by atoms with E-state index in [9.17, 15) is 4.39 Å². The molecule has 84 valence electrons. The summed E-state index contributed by atoms with van der Waals surface area (Å²) in [5, 5.41) is 8.94. The van der Waals surface area contributed by atoms with Crippen molar-refractivity contribution in [2.24, 2.45) is 0 Å². The number of rotatable bonds is 5. The highest BCUT2D eigenvalue weighted by Crippen LogP contribution is 2.29. The number of allylic oxidation sites excluding steroid dienone is 2. The molecule has 0 saturated heterocycles. The molecular weight excluding hydrogens is 201 g/mol. The average Bonchev–Trinajstić information content (AvgIpc) is 2.35. The lowest BCUT2D eigenvalue weighted by molar-refractivity contribution is 0.248. The van der Waals surface area contributed by atoms with Crippen LogP contribution in [0.2, 0.25) is 0 Å². The molecule has 0 aliphatic rings. The van der Waals surface area contributed by atoms with Gasteiger partial charge < -0.3 is 0 Å². The van der Waals surface area contributed by atoms with Gasteiger partial charge in [0.25, 0.3) is 0 Å². The zero-order valence-electron chi connectivity index (χ0n) is 9.49. The first-order valence-corrected chi connectivity index (χ1v) is 5.53. The van der Waals surface area contributed by atoms with Gasteiger partial charge in [0.1, 0.15) is 6.07 Å². The monoisotopic (exact) mass is 217 g/mol. The lowest BCUT2D eigenvalue weighted by atomic mass is 9.93. The lowest BCUT2D eigenvalue weighted by Crippen LogP contribution is -2.16. The van der Waals surface area contributed by atoms with Crippen LogP contribution in [-0.2, 0) is 5.67 Å². The Bertz CT molecular complexity index is 377. The first kappa shape index (κ1) is 12.4. The van der Waals surface area contributed by atoms with Gasteiger partial charge in [-0.15, -0.1) is 0 Å². The number of unbranched alkanes of at least 4 members (excludes halogenated alkanes) is 1. The Morgan fingerprint density at radius 2 is 2.00 bits per heavy atom. The summed E-state index contributed by atoms with van der Waals surface area (Å²) in [5.41, 5.74) is -1.47. The Kier molecular flexibility index (Phi) is 4.72. The molecule has 0 bridgehead atoms. The van der Waals surface area contributed by atoms with Crippen LogP contribution in [0.1, 0.15) is 31.7 Å². The standard InChI is InChI=1S/C14H16FN/c1-2-3-4-8-11-14(15,12-16)13-9-6-5-7-10-13/h4-10H,2-3,11H2,1H3/b8-4+. The first-order valence-electron chi connectivity index (χ1n) is 5.53. The summed E-state index contributed by atoms with van der Waals surface area (Å²) >= 11 is 0. The molecule has 0 saturated carbocycles. The number of halogens is 1. The number of hydrogen-bond acceptors (Lipinski definition) is 1. The molecule has 16 heavy (non-hydrogen) atoms. The highest BCUT2D eigenvalue weighted by atomic mass is 19.1. The fourth-order valence-corrected chi connectivity index (χ4v) is 1.46. The van der Waals surface area contributed by atoms with Gasteiger partial charge in [-0.25, -0.2) is 4.39 Å². The Morgan fingerprint density at radius 3 is 2.56 bits per heavy atom. The molecule has 1 atom stereocenters. The molecule has 1 aromatic rings. The second-order valence-corrected chi connectivity index (χ2v) is 3.74. The molecule has 1 unspecified atom stereocenters. The van der Waals surface area contributed by atoms with Crippen LogP contribution in [0.25, 0.3) is 0 Å². The molecule has 0 fully saturated rings. The fraction of sp³-hybridized carbons (Fsp3) is 0.357. The number of hydrogen-bond donors (Lipinski definition) is 0. The molecule has 0 amide bonds. The summed E-state index contributed by atoms with van der Waals surface area (Å²) in [6, 6.07) is 10.4. The maximum absolute atomic E-state index is 14.3. The molecule has 0 aromatic heterocycles. The van der Waals surface area contributed by atoms with Crippen LogP contribution < -0.4 is 0 Å². The molecule has 0 N–H and O–H groups in total. The van der Waals surface area contributed by atoms with Gasteiger partial charge in [0.05, 0.1) is 0 Å². The zero-order chi connectivity index (χ0) is 11.9. The van der Waals surface area contributed by atoms with Crippen LogP contribution in [0.4, 0.5) is 4.39 Å². The molecular formula is C14H16FN. The van der Waals surface area contributed by atoms with Gasteiger partial charge in [0, 0.05) is 12.0 Å². The third kappa shape index (κ3) is 3.20. The number of nitriles is 1. The van der Waals surface area contributed by atoms with Crippen LogP contribution in [0, 0.1) is 11.3 Å². The Hall–Kier alpha value is -1.62. The van der Waals surface area contributed by atoms with Crippen molar-refractivity contribution in [3.05, 3.63) is 48.0 Å². The van der Waals surface area contributed by atoms with Crippen molar-refractivity contribution in [3.63, 3.8) is 0 Å². The van der Waals surface area contributed by atoms with Gasteiger partial charge in [0.2, 0.25) is 5.67 Å². The molecule has 1 aromatic carbocycles. The van der Waals surface area contributed by atoms with E-state index in [4.69, 9.17) is 5.26 Å². The van der Waals surface area contributed by atoms with Crippen molar-refractivity contribution in [3.8, 4) is 6.07 Å². The van der Waals surface area contributed by atoms with E-state index in [0.717, 1.165) is 12.8 Å². The van der Waals surface area contributed by atoms with Crippen LogP contribution >= 0.6 is 0 Å². The molecule has 0 aliphatic carbocycles. The molecule has 0 spiro atoms. The normalized spacial score (nSPS) is 14.6. The van der Waals surface area contributed by atoms with Crippen molar-refractivity contribution in [2.45, 2.75) is 31.9 Å². The van der Waals surface area contributed by atoms with Crippen molar-refractivity contribution < 1.29 is 4.39 Å². The van der Waals surface area contributed by atoms with Crippen molar-refractivity contribution >= 4 is 0 Å². The van der Waals surface area contributed by atoms with E-state index >= 15 is 0 Å². The van der Waals surface area contributed by atoms with Gasteiger partial charge in [-0.2, -0.15) is 5.26 Å². The van der Waals surface area contributed by atoms with E-state index < -0.39 is 5.67 Å². The van der Waals surface area contributed by atoms with E-state index in [1.165, 1.54) is 0 Å². The van der Waals surface area contributed by atoms with Crippen LogP contribution in [-0.4, -0.2) is 0 Å². The number of nitrogens with zero attached hydrogens (tertiary/aromatic N) is 1. The minimum Gasteiger partial charge on any atom is -0.222 e. The molecule has 1 rings (SSSR count). The molecule has 1 nitrogen and oxygen atoms in total. The lowest BCUT2D eigenvalue weighted by Gasteiger charge is -2.15. The highest BCUT2D eigenvalue weighted by molar-refractivity contribution is 5.29. The van der Waals surface area contributed by atoms with E-state index in [1.54, 1.807) is 36.4 Å². The van der Waals surface area contributed by atoms with E-state index in [2.05, 4.69) is 6.92 Å². The van der Waals surface area contributed by atoms with E-state index in [-0.39, 0.29) is 6.42 Å². The van der Waals surface area contributed by atoms with Gasteiger partial charge in [-0.05, 0) is 6.42 Å². The fourth-order valence-electron chi connectivity index (χ4n) is 1.46. The van der Waals surface area contributed by atoms with Gasteiger partial charge in [0.15, 0.2) is 0 Å². The van der Waals surface area contributed by atoms with Crippen LogP contribution in [0.15, 0.2) is 42.5 Å². The molecule has 0 radical (unpaired) electrons. The zero-order valence-corrected chi connectivity index (χ0v) is 9.49. The van der Waals surface area contributed by atoms with Crippen molar-refractivity contribution in [2.75, 3.05) is 0 Å². The average molecular weight is 217 g/mol. The predicted molar refractivity (Wildman–Crippen MR) is 63.5 cm³/mol. The number of alkyl halides is 1. The third-order valence-corrected chi connectivity index (χ3v) is 2.43. The van der Waals surface area contributed by atoms with Gasteiger partial charge >= 0.3 is 0 Å². The topological polar surface area (TPSA) is 23.8 Å². The second-order valence-electron chi connectivity index (χ2n) is 3.74. The highest BCUT2D eigenvalue weighted by Gasteiger charge is 2.29. The Morgan fingerprint density at radius 1 is 1.31 bits per heavy atom. The van der Waals surface area contributed by atoms with Crippen LogP contribution in [0.3, 0.4) is 0 Å². The minimum absolute atomic E-state index is 0.119. The summed E-state index contributed by atoms with van der Waals surface area (Å²) in [6.45, 7) is 2.06. The Labute approximate surface area is 96.2 Å². The summed E-state index contributed by atoms with van der Waals surface area (Å²) in [4.78, 5) is 0. The molecule has 2 heteroatoms. The second kappa shape index (κ2) is 6.07. The maximum Gasteiger partial charge on any atom is 0.224 e. The summed E-state index contributed by atoms with van der Waals surface area (Å²) in [5.74, 6) is 0. The molecule has 0 aliphatic heterocycles. The number of benzene rings is 1. The minimum atomic E-state index is -1.90. The summed E-state index contributed by atoms with van der Waals surface area (Å²) < 4.78 is 14.3. The van der Waals surface area contributed by atoms with Crippen molar-refractivity contribution in [1.29, 1.82) is 5.26 Å². The molecule has 0 heterocycles. The third-order valence-electron chi connectivity index (χ3n) is 2.43. The van der Waals surface area contributed by atoms with Crippen molar-refractivity contribution in [1.82, 2.24) is 0 Å². The van der Waals surface area contributed by atoms with Gasteiger partial charge in [-0.1, -0.05) is 55.8 Å². The van der Waals surface area contributed by atoms with Crippen LogP contribution in [0.5, 0.6) is 0 Å².